The van der Waals surface area contributed by atoms with E-state index in [1.54, 1.807) is 24.3 Å². The summed E-state index contributed by atoms with van der Waals surface area (Å²) in [4.78, 5) is 23.5. The Morgan fingerprint density at radius 2 is 1.34 bits per heavy atom. The van der Waals surface area contributed by atoms with Gasteiger partial charge >= 0.3 is 12.1 Å². The van der Waals surface area contributed by atoms with Crippen LogP contribution < -0.4 is 20.1 Å². The molecule has 32 heavy (non-hydrogen) atoms. The first kappa shape index (κ1) is 22.9. The minimum Gasteiger partial charge on any atom is -0.427 e. The van der Waals surface area contributed by atoms with Gasteiger partial charge < -0.3 is 14.8 Å². The quantitative estimate of drug-likeness (QED) is 0.375. The largest absolute Gasteiger partial charge is 0.427 e. The first-order valence-corrected chi connectivity index (χ1v) is 10.4. The Morgan fingerprint density at radius 3 is 1.84 bits per heavy atom. The summed E-state index contributed by atoms with van der Waals surface area (Å²) >= 11 is 0. The first-order valence-electron chi connectivity index (χ1n) is 10.4. The number of esters is 1. The number of aryl methyl sites for hydroxylation is 1. The molecule has 6 heteroatoms. The number of rotatable bonds is 6. The lowest BCUT2D eigenvalue weighted by molar-refractivity contribution is -0.131. The number of carbonyl (C=O) groups excluding carboxylic acids is 2. The van der Waals surface area contributed by atoms with Crippen LogP contribution in [0, 0.1) is 6.92 Å². The summed E-state index contributed by atoms with van der Waals surface area (Å²) in [5, 5.41) is 5.83. The Bertz CT molecular complexity index is 1100. The van der Waals surface area contributed by atoms with Gasteiger partial charge in [0.1, 0.15) is 11.5 Å². The molecule has 0 heterocycles. The van der Waals surface area contributed by atoms with Gasteiger partial charge in [0.05, 0.1) is 0 Å². The number of amides is 1. The second-order valence-corrected chi connectivity index (χ2v) is 8.06. The molecule has 0 aliphatic rings. The zero-order valence-electron chi connectivity index (χ0n) is 19.0. The molecule has 3 aromatic carbocycles. The fourth-order valence-electron chi connectivity index (χ4n) is 3.37. The Labute approximate surface area is 188 Å². The van der Waals surface area contributed by atoms with Crippen molar-refractivity contribution >= 4 is 23.4 Å². The van der Waals surface area contributed by atoms with Gasteiger partial charge in [-0.3, -0.25) is 10.1 Å². The van der Waals surface area contributed by atoms with Gasteiger partial charge in [-0.25, -0.2) is 4.79 Å². The van der Waals surface area contributed by atoms with Crippen molar-refractivity contribution in [3.8, 4) is 11.5 Å². The van der Waals surface area contributed by atoms with Crippen molar-refractivity contribution in [3.05, 3.63) is 83.4 Å². The molecule has 0 bridgehead atoms. The van der Waals surface area contributed by atoms with Crippen molar-refractivity contribution in [3.63, 3.8) is 0 Å². The molecule has 0 saturated heterocycles. The molecule has 3 rings (SSSR count). The molecular weight excluding hydrogens is 404 g/mol. The third-order valence-electron chi connectivity index (χ3n) is 5.39. The van der Waals surface area contributed by atoms with Crippen LogP contribution in [0.2, 0.25) is 0 Å². The van der Waals surface area contributed by atoms with Crippen molar-refractivity contribution < 1.29 is 19.1 Å². The molecule has 166 valence electrons. The van der Waals surface area contributed by atoms with Crippen LogP contribution in [0.3, 0.4) is 0 Å². The van der Waals surface area contributed by atoms with Crippen LogP contribution in [0.25, 0.3) is 0 Å². The number of hydrogen-bond donors (Lipinski definition) is 2. The lowest BCUT2D eigenvalue weighted by Gasteiger charge is -2.26. The van der Waals surface area contributed by atoms with Gasteiger partial charge in [-0.2, -0.15) is 0 Å². The van der Waals surface area contributed by atoms with E-state index in [0.717, 1.165) is 22.4 Å². The molecule has 2 N–H and O–H groups in total. The highest BCUT2D eigenvalue weighted by Crippen LogP contribution is 2.33. The van der Waals surface area contributed by atoms with Crippen LogP contribution in [0.15, 0.2) is 66.7 Å². The second kappa shape index (κ2) is 9.56. The van der Waals surface area contributed by atoms with Crippen LogP contribution in [0.5, 0.6) is 11.5 Å². The molecule has 0 aromatic heterocycles. The zero-order chi connectivity index (χ0) is 23.3. The van der Waals surface area contributed by atoms with E-state index >= 15 is 0 Å². The van der Waals surface area contributed by atoms with Gasteiger partial charge in [0.15, 0.2) is 0 Å². The monoisotopic (exact) mass is 432 g/mol. The van der Waals surface area contributed by atoms with Gasteiger partial charge in [-0.15, -0.1) is 0 Å². The molecular formula is C26H28N2O4. The number of benzene rings is 3. The maximum atomic E-state index is 12.4. The average molecular weight is 433 g/mol. The first-order chi connectivity index (χ1) is 15.2. The van der Waals surface area contributed by atoms with E-state index in [2.05, 4.69) is 24.5 Å². The van der Waals surface area contributed by atoms with E-state index in [1.165, 1.54) is 6.92 Å². The van der Waals surface area contributed by atoms with Crippen molar-refractivity contribution in [2.75, 3.05) is 17.7 Å². The van der Waals surface area contributed by atoms with Crippen LogP contribution in [0.4, 0.5) is 16.2 Å². The molecule has 3 aromatic rings. The van der Waals surface area contributed by atoms with E-state index < -0.39 is 6.09 Å². The smallest absolute Gasteiger partial charge is 0.417 e. The summed E-state index contributed by atoms with van der Waals surface area (Å²) in [6.07, 6.45) is -0.547. The summed E-state index contributed by atoms with van der Waals surface area (Å²) in [5.41, 5.74) is 4.37. The number of anilines is 2. The molecule has 0 fully saturated rings. The Morgan fingerprint density at radius 1 is 0.812 bits per heavy atom. The van der Waals surface area contributed by atoms with Gasteiger partial charge in [0.25, 0.3) is 0 Å². The standard InChI is InChI=1S/C26H28N2O4/c1-17-6-11-21(27-5)16-24(17)28-25(30)32-23-14-9-20(10-15-23)26(3,4)19-7-12-22(13-8-19)31-18(2)29/h6-16,27H,1-5H3,(H,28,30). The lowest BCUT2D eigenvalue weighted by Crippen LogP contribution is -2.19. The topological polar surface area (TPSA) is 76.7 Å². The number of hydrogen-bond acceptors (Lipinski definition) is 5. The van der Waals surface area contributed by atoms with Crippen LogP contribution in [-0.4, -0.2) is 19.1 Å². The summed E-state index contributed by atoms with van der Waals surface area (Å²) in [6.45, 7) is 7.51. The highest BCUT2D eigenvalue weighted by molar-refractivity contribution is 5.88. The van der Waals surface area contributed by atoms with Crippen LogP contribution in [-0.2, 0) is 10.2 Å². The Hall–Kier alpha value is -3.80. The molecule has 0 radical (unpaired) electrons. The highest BCUT2D eigenvalue weighted by atomic mass is 16.6. The number of carbonyl (C=O) groups is 2. The molecule has 0 aliphatic carbocycles. The normalized spacial score (nSPS) is 10.9. The molecule has 0 saturated carbocycles. The lowest BCUT2D eigenvalue weighted by atomic mass is 9.78. The maximum Gasteiger partial charge on any atom is 0.417 e. The fraction of sp³-hybridized carbons (Fsp3) is 0.231. The molecule has 0 unspecified atom stereocenters. The van der Waals surface area contributed by atoms with Gasteiger partial charge in [-0.1, -0.05) is 44.2 Å². The Balaban J connectivity index is 1.68. The van der Waals surface area contributed by atoms with Gasteiger partial charge in [-0.05, 0) is 60.0 Å². The molecule has 0 atom stereocenters. The number of ether oxygens (including phenoxy) is 2. The fourth-order valence-corrected chi connectivity index (χ4v) is 3.37. The van der Waals surface area contributed by atoms with Gasteiger partial charge in [0, 0.05) is 30.8 Å². The summed E-state index contributed by atoms with van der Waals surface area (Å²) in [6, 6.07) is 20.6. The Kier molecular flexibility index (Phi) is 6.83. The second-order valence-electron chi connectivity index (χ2n) is 8.06. The van der Waals surface area contributed by atoms with E-state index in [1.807, 2.05) is 56.4 Å². The maximum absolute atomic E-state index is 12.4. The molecule has 0 spiro atoms. The van der Waals surface area contributed by atoms with Crippen LogP contribution >= 0.6 is 0 Å². The van der Waals surface area contributed by atoms with Crippen LogP contribution in [0.1, 0.15) is 37.5 Å². The van der Waals surface area contributed by atoms with Crippen molar-refractivity contribution in [2.24, 2.45) is 0 Å². The third kappa shape index (κ3) is 5.46. The average Bonchev–Trinajstić information content (AvgIpc) is 2.75. The summed E-state index contributed by atoms with van der Waals surface area (Å²) in [7, 11) is 1.82. The van der Waals surface area contributed by atoms with Gasteiger partial charge in [0.2, 0.25) is 0 Å². The highest BCUT2D eigenvalue weighted by Gasteiger charge is 2.23. The number of nitrogens with one attached hydrogen (secondary N) is 2. The SMILES string of the molecule is CNc1ccc(C)c(NC(=O)Oc2ccc(C(C)(C)c3ccc(OC(C)=O)cc3)cc2)c1. The predicted molar refractivity (Wildman–Crippen MR) is 127 cm³/mol. The molecule has 6 nitrogen and oxygen atoms in total. The summed E-state index contributed by atoms with van der Waals surface area (Å²) in [5.74, 6) is 0.624. The third-order valence-corrected chi connectivity index (χ3v) is 5.39. The molecule has 0 aliphatic heterocycles. The van der Waals surface area contributed by atoms with Crippen molar-refractivity contribution in [1.82, 2.24) is 0 Å². The summed E-state index contributed by atoms with van der Waals surface area (Å²) < 4.78 is 10.6. The molecule has 1 amide bonds. The predicted octanol–water partition coefficient (Wildman–Crippen LogP) is 5.90. The minimum absolute atomic E-state index is 0.291. The minimum atomic E-state index is -0.547. The van der Waals surface area contributed by atoms with E-state index in [4.69, 9.17) is 9.47 Å². The zero-order valence-corrected chi connectivity index (χ0v) is 19.0. The van der Waals surface area contributed by atoms with Crippen molar-refractivity contribution in [2.45, 2.75) is 33.1 Å². The van der Waals surface area contributed by atoms with E-state index in [-0.39, 0.29) is 11.4 Å². The van der Waals surface area contributed by atoms with Crippen molar-refractivity contribution in [1.29, 1.82) is 0 Å². The van der Waals surface area contributed by atoms with E-state index in [9.17, 15) is 9.59 Å². The van der Waals surface area contributed by atoms with E-state index in [0.29, 0.717) is 17.2 Å².